The molecule has 0 heterocycles. The summed E-state index contributed by atoms with van der Waals surface area (Å²) >= 11 is 0. The smallest absolute Gasteiger partial charge is 0.299 e. The first-order valence-electron chi connectivity index (χ1n) is 4.01. The van der Waals surface area contributed by atoms with Gasteiger partial charge in [-0.2, -0.15) is 0 Å². The first kappa shape index (κ1) is 13.5. The van der Waals surface area contributed by atoms with E-state index in [2.05, 4.69) is 16.3 Å². The largest absolute Gasteiger partial charge is 0.497 e. The fraction of sp³-hybridized carbons (Fsp3) is 0.125. The minimum Gasteiger partial charge on any atom is -0.497 e. The topological polar surface area (TPSA) is 137 Å². The van der Waals surface area contributed by atoms with Crippen molar-refractivity contribution in [1.29, 1.82) is 5.41 Å². The third-order valence-electron chi connectivity index (χ3n) is 1.22. The van der Waals surface area contributed by atoms with Crippen molar-refractivity contribution in [1.82, 2.24) is 0 Å². The highest BCUT2D eigenvalue weighted by Crippen LogP contribution is 2.18. The number of ether oxygens (including phenoxy) is 1. The van der Waals surface area contributed by atoms with Gasteiger partial charge in [0, 0.05) is 6.07 Å². The predicted octanol–water partition coefficient (Wildman–Crippen LogP) is 0.104. The van der Waals surface area contributed by atoms with Gasteiger partial charge in [0.1, 0.15) is 11.5 Å². The van der Waals surface area contributed by atoms with E-state index in [1.807, 2.05) is 0 Å². The third-order valence-corrected chi connectivity index (χ3v) is 1.22. The Morgan fingerprint density at radius 3 is 2.38 bits per heavy atom. The van der Waals surface area contributed by atoms with Crippen LogP contribution < -0.4 is 21.0 Å². The Hall–Kier alpha value is -2.51. The van der Waals surface area contributed by atoms with E-state index in [1.54, 1.807) is 12.1 Å². The number of methoxy groups -OCH3 is 1. The summed E-state index contributed by atoms with van der Waals surface area (Å²) in [5.74, 6) is 0.341. The first-order chi connectivity index (χ1) is 7.45. The van der Waals surface area contributed by atoms with Crippen molar-refractivity contribution in [2.45, 2.75) is 0 Å². The molecule has 0 unspecified atom stereocenters. The Bertz CT molecular complexity index is 365. The van der Waals surface area contributed by atoms with Crippen LogP contribution in [0.2, 0.25) is 0 Å². The number of hydrogen-bond acceptors (Lipinski definition) is 5. The number of guanidine groups is 1. The van der Waals surface area contributed by atoms with Crippen molar-refractivity contribution in [3.63, 3.8) is 0 Å². The monoisotopic (exact) mass is 228 g/mol. The van der Waals surface area contributed by atoms with E-state index in [0.717, 1.165) is 0 Å². The molecule has 1 aromatic carbocycles. The Morgan fingerprint density at radius 2 is 1.94 bits per heavy atom. The molecule has 1 rings (SSSR count). The molecule has 16 heavy (non-hydrogen) atoms. The van der Waals surface area contributed by atoms with Gasteiger partial charge in [-0.25, -0.2) is 0 Å². The molecule has 0 spiro atoms. The molecule has 0 bridgehead atoms. The second kappa shape index (κ2) is 6.87. The van der Waals surface area contributed by atoms with Crippen molar-refractivity contribution >= 4 is 5.96 Å². The molecule has 8 heteroatoms. The van der Waals surface area contributed by atoms with Gasteiger partial charge < -0.3 is 16.2 Å². The molecule has 0 saturated carbocycles. The molecule has 8 nitrogen and oxygen atoms in total. The maximum Gasteiger partial charge on any atom is 0.299 e. The molecular weight excluding hydrogens is 216 g/mol. The van der Waals surface area contributed by atoms with Gasteiger partial charge in [-0.3, -0.25) is 10.2 Å². The van der Waals surface area contributed by atoms with Crippen LogP contribution in [0.1, 0.15) is 0 Å². The van der Waals surface area contributed by atoms with Crippen LogP contribution in [0.15, 0.2) is 24.3 Å². The Morgan fingerprint density at radius 1 is 1.44 bits per heavy atom. The standard InChI is InChI=1S/C7H7NO4.CH5N3/c1-11-6-3-2-4-7(5-6)12-8(9)10;2-1(3)4/h2-5H,1H3;(H5,2,3,4). The number of benzene rings is 1. The highest BCUT2D eigenvalue weighted by atomic mass is 17.0. The van der Waals surface area contributed by atoms with Gasteiger partial charge in [0.2, 0.25) is 0 Å². The first-order valence-corrected chi connectivity index (χ1v) is 4.01. The summed E-state index contributed by atoms with van der Waals surface area (Å²) in [6, 6.07) is 6.19. The molecule has 0 aliphatic carbocycles. The molecule has 0 atom stereocenters. The lowest BCUT2D eigenvalue weighted by Gasteiger charge is -2.00. The lowest BCUT2D eigenvalue weighted by atomic mass is 10.3. The lowest BCUT2D eigenvalue weighted by molar-refractivity contribution is -0.711. The fourth-order valence-electron chi connectivity index (χ4n) is 0.744. The number of hydrogen-bond donors (Lipinski definition) is 3. The van der Waals surface area contributed by atoms with Crippen molar-refractivity contribution in [3.05, 3.63) is 34.4 Å². The van der Waals surface area contributed by atoms with E-state index in [9.17, 15) is 10.1 Å². The maximum atomic E-state index is 9.91. The normalized spacial score (nSPS) is 8.31. The summed E-state index contributed by atoms with van der Waals surface area (Å²) in [4.78, 5) is 14.1. The fourth-order valence-corrected chi connectivity index (χ4v) is 0.744. The zero-order chi connectivity index (χ0) is 12.6. The molecule has 0 fully saturated rings. The second-order valence-corrected chi connectivity index (χ2v) is 2.45. The molecule has 0 saturated heterocycles. The minimum atomic E-state index is -0.866. The molecule has 5 N–H and O–H groups in total. The molecule has 1 aromatic rings. The zero-order valence-corrected chi connectivity index (χ0v) is 8.54. The molecule has 0 radical (unpaired) electrons. The van der Waals surface area contributed by atoms with Gasteiger partial charge >= 0.3 is 0 Å². The highest BCUT2D eigenvalue weighted by molar-refractivity contribution is 5.71. The van der Waals surface area contributed by atoms with Crippen LogP contribution in [0.25, 0.3) is 0 Å². The van der Waals surface area contributed by atoms with Crippen molar-refractivity contribution in [3.8, 4) is 11.5 Å². The predicted molar refractivity (Wildman–Crippen MR) is 56.7 cm³/mol. The molecular formula is C8H12N4O4. The van der Waals surface area contributed by atoms with Crippen molar-refractivity contribution in [2.24, 2.45) is 11.5 Å². The van der Waals surface area contributed by atoms with E-state index >= 15 is 0 Å². The quantitative estimate of drug-likeness (QED) is 0.290. The maximum absolute atomic E-state index is 9.91. The number of rotatable bonds is 3. The molecule has 88 valence electrons. The minimum absolute atomic E-state index is 0.152. The summed E-state index contributed by atoms with van der Waals surface area (Å²) in [6.45, 7) is 0. The van der Waals surface area contributed by atoms with Crippen LogP contribution in [0.5, 0.6) is 11.5 Å². The van der Waals surface area contributed by atoms with E-state index in [-0.39, 0.29) is 11.7 Å². The molecule has 0 aliphatic rings. The van der Waals surface area contributed by atoms with Crippen molar-refractivity contribution < 1.29 is 14.7 Å². The summed E-state index contributed by atoms with van der Waals surface area (Å²) in [5, 5.41) is 15.1. The Balaban J connectivity index is 0.000000487. The van der Waals surface area contributed by atoms with E-state index in [0.29, 0.717) is 5.75 Å². The van der Waals surface area contributed by atoms with Crippen molar-refractivity contribution in [2.75, 3.05) is 7.11 Å². The number of nitrogens with zero attached hydrogens (tertiary/aromatic N) is 1. The van der Waals surface area contributed by atoms with Crippen LogP contribution in [0.4, 0.5) is 0 Å². The Labute approximate surface area is 91.4 Å². The molecule has 0 aromatic heterocycles. The zero-order valence-electron chi connectivity index (χ0n) is 8.54. The highest BCUT2D eigenvalue weighted by Gasteiger charge is 1.99. The summed E-state index contributed by atoms with van der Waals surface area (Å²) in [7, 11) is 1.48. The molecule has 0 aliphatic heterocycles. The summed E-state index contributed by atoms with van der Waals surface area (Å²) in [6.07, 6.45) is 0. The van der Waals surface area contributed by atoms with Crippen LogP contribution in [0, 0.1) is 15.5 Å². The van der Waals surface area contributed by atoms with Crippen LogP contribution in [-0.2, 0) is 0 Å². The average molecular weight is 228 g/mol. The summed E-state index contributed by atoms with van der Waals surface area (Å²) < 4.78 is 4.83. The third kappa shape index (κ3) is 6.95. The SMILES string of the molecule is COc1cccc(O[N+](=O)[O-])c1.N=C(N)N. The van der Waals surface area contributed by atoms with Gasteiger partial charge in [0.25, 0.3) is 5.09 Å². The van der Waals surface area contributed by atoms with Gasteiger partial charge in [-0.15, -0.1) is 10.1 Å². The van der Waals surface area contributed by atoms with Gasteiger partial charge in [0.05, 0.1) is 7.11 Å². The molecule has 0 amide bonds. The second-order valence-electron chi connectivity index (χ2n) is 2.45. The lowest BCUT2D eigenvalue weighted by Crippen LogP contribution is -2.20. The van der Waals surface area contributed by atoms with Crippen LogP contribution in [0.3, 0.4) is 0 Å². The van der Waals surface area contributed by atoms with E-state index < -0.39 is 5.09 Å². The van der Waals surface area contributed by atoms with Gasteiger partial charge in [0.15, 0.2) is 5.96 Å². The van der Waals surface area contributed by atoms with Crippen LogP contribution in [-0.4, -0.2) is 18.2 Å². The number of nitrogens with one attached hydrogen (secondary N) is 1. The average Bonchev–Trinajstić information content (AvgIpc) is 2.16. The van der Waals surface area contributed by atoms with E-state index in [4.69, 9.17) is 10.1 Å². The van der Waals surface area contributed by atoms with Gasteiger partial charge in [-0.1, -0.05) is 6.07 Å². The Kier molecular flexibility index (Phi) is 5.79. The number of nitrogens with two attached hydrogens (primary N) is 2. The van der Waals surface area contributed by atoms with Crippen LogP contribution >= 0.6 is 0 Å². The summed E-state index contributed by atoms with van der Waals surface area (Å²) in [5.41, 5.74) is 8.94. The van der Waals surface area contributed by atoms with E-state index in [1.165, 1.54) is 19.2 Å². The van der Waals surface area contributed by atoms with Gasteiger partial charge in [-0.05, 0) is 12.1 Å².